The lowest BCUT2D eigenvalue weighted by molar-refractivity contribution is -0.387. The number of nitrogens with one attached hydrogen (secondary N) is 1. The van der Waals surface area contributed by atoms with Crippen LogP contribution in [0.3, 0.4) is 0 Å². The zero-order chi connectivity index (χ0) is 16.2. The average Bonchev–Trinajstić information content (AvgIpc) is 2.49. The fraction of sp³-hybridized carbons (Fsp3) is 0.143. The van der Waals surface area contributed by atoms with Crippen LogP contribution in [0.1, 0.15) is 5.56 Å². The number of benzene rings is 2. The Morgan fingerprint density at radius 1 is 1.09 bits per heavy atom. The van der Waals surface area contributed by atoms with Crippen molar-refractivity contribution in [1.82, 2.24) is 4.72 Å². The minimum absolute atomic E-state index is 0.150. The van der Waals surface area contributed by atoms with E-state index in [1.165, 1.54) is 24.3 Å². The highest BCUT2D eigenvalue weighted by Gasteiger charge is 2.24. The van der Waals surface area contributed by atoms with E-state index in [1.54, 1.807) is 0 Å². The Balaban J connectivity index is 2.13. The first-order chi connectivity index (χ1) is 10.4. The average molecular weight is 385 g/mol. The summed E-state index contributed by atoms with van der Waals surface area (Å²) in [4.78, 5) is 9.88. The Morgan fingerprint density at radius 2 is 1.73 bits per heavy atom. The first-order valence-electron chi connectivity index (χ1n) is 6.38. The molecule has 2 aromatic rings. The number of nitro benzene ring substituents is 1. The van der Waals surface area contributed by atoms with Gasteiger partial charge in [0.2, 0.25) is 10.0 Å². The molecule has 0 amide bonds. The molecule has 0 aromatic heterocycles. The number of para-hydroxylation sites is 1. The molecule has 0 aliphatic carbocycles. The van der Waals surface area contributed by atoms with E-state index in [2.05, 4.69) is 20.7 Å². The lowest BCUT2D eigenvalue weighted by atomic mass is 10.2. The van der Waals surface area contributed by atoms with Gasteiger partial charge in [0.15, 0.2) is 4.90 Å². The molecular formula is C14H13BrN2O4S. The van der Waals surface area contributed by atoms with Crippen LogP contribution in [0.25, 0.3) is 0 Å². The highest BCUT2D eigenvalue weighted by molar-refractivity contribution is 9.10. The summed E-state index contributed by atoms with van der Waals surface area (Å²) in [6.07, 6.45) is 0.473. The molecule has 0 atom stereocenters. The predicted molar refractivity (Wildman–Crippen MR) is 86.1 cm³/mol. The number of rotatable bonds is 6. The molecule has 8 heteroatoms. The number of hydrogen-bond donors (Lipinski definition) is 1. The summed E-state index contributed by atoms with van der Waals surface area (Å²) in [5, 5.41) is 10.9. The quantitative estimate of drug-likeness (QED) is 0.612. The molecule has 0 heterocycles. The molecule has 0 aliphatic rings. The molecule has 0 saturated heterocycles. The zero-order valence-electron chi connectivity index (χ0n) is 11.4. The van der Waals surface area contributed by atoms with Crippen LogP contribution in [-0.4, -0.2) is 19.9 Å². The van der Waals surface area contributed by atoms with Gasteiger partial charge < -0.3 is 0 Å². The van der Waals surface area contributed by atoms with Crippen LogP contribution in [0, 0.1) is 10.1 Å². The van der Waals surface area contributed by atoms with Gasteiger partial charge in [-0.1, -0.05) is 46.3 Å². The van der Waals surface area contributed by atoms with Crippen LogP contribution >= 0.6 is 15.9 Å². The largest absolute Gasteiger partial charge is 0.289 e. The molecule has 2 rings (SSSR count). The zero-order valence-corrected chi connectivity index (χ0v) is 13.8. The van der Waals surface area contributed by atoms with Gasteiger partial charge in [-0.15, -0.1) is 0 Å². The maximum Gasteiger partial charge on any atom is 0.289 e. The number of nitrogens with zero attached hydrogens (tertiary/aromatic N) is 1. The Kier molecular flexibility index (Phi) is 5.28. The van der Waals surface area contributed by atoms with E-state index >= 15 is 0 Å². The van der Waals surface area contributed by atoms with Crippen molar-refractivity contribution in [2.24, 2.45) is 0 Å². The minimum atomic E-state index is -3.93. The van der Waals surface area contributed by atoms with E-state index < -0.39 is 20.6 Å². The Hall–Kier alpha value is -1.77. The van der Waals surface area contributed by atoms with E-state index in [1.807, 2.05) is 24.3 Å². The smallest absolute Gasteiger partial charge is 0.258 e. The maximum absolute atomic E-state index is 12.2. The SMILES string of the molecule is O=[N+]([O-])c1ccccc1S(=O)(=O)NCCc1ccccc1Br. The second kappa shape index (κ2) is 6.99. The summed E-state index contributed by atoms with van der Waals surface area (Å²) in [7, 11) is -3.93. The van der Waals surface area contributed by atoms with Crippen molar-refractivity contribution < 1.29 is 13.3 Å². The summed E-state index contributed by atoms with van der Waals surface area (Å²) >= 11 is 3.39. The van der Waals surface area contributed by atoms with Gasteiger partial charge in [0.05, 0.1) is 4.92 Å². The van der Waals surface area contributed by atoms with Crippen molar-refractivity contribution in [3.8, 4) is 0 Å². The first kappa shape index (κ1) is 16.6. The molecule has 0 saturated carbocycles. The Morgan fingerprint density at radius 3 is 2.41 bits per heavy atom. The molecule has 0 radical (unpaired) electrons. The van der Waals surface area contributed by atoms with Gasteiger partial charge in [0, 0.05) is 17.1 Å². The maximum atomic E-state index is 12.2. The Bertz CT molecular complexity index is 793. The standard InChI is InChI=1S/C14H13BrN2O4S/c15-12-6-2-1-5-11(12)9-10-16-22(20,21)14-8-4-3-7-13(14)17(18)19/h1-8,16H,9-10H2. The third kappa shape index (κ3) is 3.90. The van der Waals surface area contributed by atoms with Crippen LogP contribution < -0.4 is 4.72 Å². The van der Waals surface area contributed by atoms with Gasteiger partial charge in [-0.2, -0.15) is 0 Å². The summed E-state index contributed by atoms with van der Waals surface area (Å²) in [5.41, 5.74) is 0.517. The summed E-state index contributed by atoms with van der Waals surface area (Å²) in [6.45, 7) is 0.150. The van der Waals surface area contributed by atoms with Gasteiger partial charge in [-0.25, -0.2) is 13.1 Å². The van der Waals surface area contributed by atoms with E-state index in [0.717, 1.165) is 10.0 Å². The van der Waals surface area contributed by atoms with Crippen molar-refractivity contribution in [3.05, 3.63) is 68.7 Å². The summed E-state index contributed by atoms with van der Waals surface area (Å²) in [5.74, 6) is 0. The van der Waals surface area contributed by atoms with Crippen molar-refractivity contribution in [2.45, 2.75) is 11.3 Å². The van der Waals surface area contributed by atoms with Crippen molar-refractivity contribution in [1.29, 1.82) is 0 Å². The van der Waals surface area contributed by atoms with E-state index in [9.17, 15) is 18.5 Å². The molecule has 1 N–H and O–H groups in total. The highest BCUT2D eigenvalue weighted by atomic mass is 79.9. The van der Waals surface area contributed by atoms with Crippen molar-refractivity contribution in [3.63, 3.8) is 0 Å². The molecule has 116 valence electrons. The van der Waals surface area contributed by atoms with Gasteiger partial charge in [-0.05, 0) is 24.1 Å². The van der Waals surface area contributed by atoms with Gasteiger partial charge in [0.1, 0.15) is 0 Å². The van der Waals surface area contributed by atoms with Crippen LogP contribution in [0.4, 0.5) is 5.69 Å². The van der Waals surface area contributed by atoms with E-state index in [0.29, 0.717) is 6.42 Å². The first-order valence-corrected chi connectivity index (χ1v) is 8.66. The molecule has 0 aliphatic heterocycles. The fourth-order valence-corrected chi connectivity index (χ4v) is 3.62. The van der Waals surface area contributed by atoms with E-state index in [-0.39, 0.29) is 11.4 Å². The van der Waals surface area contributed by atoms with Crippen LogP contribution in [0.15, 0.2) is 57.9 Å². The topological polar surface area (TPSA) is 89.3 Å². The molecule has 0 bridgehead atoms. The van der Waals surface area contributed by atoms with Gasteiger partial charge in [0.25, 0.3) is 5.69 Å². The fourth-order valence-electron chi connectivity index (χ4n) is 1.93. The summed E-state index contributed by atoms with van der Waals surface area (Å²) < 4.78 is 27.7. The second-order valence-electron chi connectivity index (χ2n) is 4.46. The van der Waals surface area contributed by atoms with Crippen molar-refractivity contribution in [2.75, 3.05) is 6.54 Å². The third-order valence-electron chi connectivity index (χ3n) is 3.00. The monoisotopic (exact) mass is 384 g/mol. The second-order valence-corrected chi connectivity index (χ2v) is 7.05. The van der Waals surface area contributed by atoms with Crippen molar-refractivity contribution >= 4 is 31.6 Å². The molecule has 2 aromatic carbocycles. The molecule has 0 unspecified atom stereocenters. The van der Waals surface area contributed by atoms with Gasteiger partial charge in [-0.3, -0.25) is 10.1 Å². The van der Waals surface area contributed by atoms with Crippen LogP contribution in [0.5, 0.6) is 0 Å². The highest BCUT2D eigenvalue weighted by Crippen LogP contribution is 2.22. The van der Waals surface area contributed by atoms with Gasteiger partial charge >= 0.3 is 0 Å². The number of sulfonamides is 1. The molecule has 6 nitrogen and oxygen atoms in total. The lowest BCUT2D eigenvalue weighted by Gasteiger charge is -2.08. The molecule has 0 fully saturated rings. The number of halogens is 1. The van der Waals surface area contributed by atoms with Crippen LogP contribution in [-0.2, 0) is 16.4 Å². The summed E-state index contributed by atoms with van der Waals surface area (Å²) in [6, 6.07) is 12.7. The third-order valence-corrected chi connectivity index (χ3v) is 5.28. The predicted octanol–water partition coefficient (Wildman–Crippen LogP) is 2.88. The molecule has 22 heavy (non-hydrogen) atoms. The number of nitro groups is 1. The minimum Gasteiger partial charge on any atom is -0.258 e. The Labute approximate surface area is 136 Å². The molecular weight excluding hydrogens is 372 g/mol. The lowest BCUT2D eigenvalue weighted by Crippen LogP contribution is -2.26. The molecule has 0 spiro atoms. The number of hydrogen-bond acceptors (Lipinski definition) is 4. The normalized spacial score (nSPS) is 11.3. The van der Waals surface area contributed by atoms with Crippen LogP contribution in [0.2, 0.25) is 0 Å². The van der Waals surface area contributed by atoms with E-state index in [4.69, 9.17) is 0 Å².